The Kier molecular flexibility index (Phi) is 2.90. The predicted octanol–water partition coefficient (Wildman–Crippen LogP) is 3.68. The van der Waals surface area contributed by atoms with Crippen molar-refractivity contribution >= 4 is 22.5 Å². The summed E-state index contributed by atoms with van der Waals surface area (Å²) >= 11 is 1.64. The Morgan fingerprint density at radius 2 is 1.61 bits per heavy atom. The zero-order chi connectivity index (χ0) is 12.4. The fraction of sp³-hybridized carbons (Fsp3) is 0. The van der Waals surface area contributed by atoms with Crippen molar-refractivity contribution in [3.8, 4) is 0 Å². The monoisotopic (exact) mass is 253 g/mol. The van der Waals surface area contributed by atoms with Gasteiger partial charge >= 0.3 is 0 Å². The molecule has 0 unspecified atom stereocenters. The summed E-state index contributed by atoms with van der Waals surface area (Å²) in [5, 5.41) is 2.47. The number of H-pyrrole nitrogens is 1. The van der Waals surface area contributed by atoms with Crippen molar-refractivity contribution < 1.29 is 0 Å². The molecule has 1 aromatic heterocycles. The van der Waals surface area contributed by atoms with Gasteiger partial charge in [-0.05, 0) is 29.0 Å². The van der Waals surface area contributed by atoms with Gasteiger partial charge in [0, 0.05) is 22.1 Å². The van der Waals surface area contributed by atoms with Gasteiger partial charge in [0.1, 0.15) is 0 Å². The van der Waals surface area contributed by atoms with Crippen LogP contribution >= 0.6 is 11.8 Å². The van der Waals surface area contributed by atoms with E-state index in [1.165, 1.54) is 15.7 Å². The van der Waals surface area contributed by atoms with Crippen LogP contribution in [0.4, 0.5) is 0 Å². The molecule has 0 amide bonds. The van der Waals surface area contributed by atoms with Gasteiger partial charge < -0.3 is 4.98 Å². The molecule has 18 heavy (non-hydrogen) atoms. The Bertz CT molecular complexity index is 728. The average Bonchev–Trinajstić information content (AvgIpc) is 2.41. The highest BCUT2D eigenvalue weighted by atomic mass is 32.2. The van der Waals surface area contributed by atoms with Gasteiger partial charge in [0.15, 0.2) is 0 Å². The van der Waals surface area contributed by atoms with Crippen LogP contribution in [0.25, 0.3) is 10.8 Å². The van der Waals surface area contributed by atoms with Gasteiger partial charge in [0.25, 0.3) is 0 Å². The van der Waals surface area contributed by atoms with Crippen LogP contribution < -0.4 is 5.56 Å². The highest BCUT2D eigenvalue weighted by Crippen LogP contribution is 2.29. The minimum atomic E-state index is -0.0714. The molecule has 0 saturated heterocycles. The lowest BCUT2D eigenvalue weighted by molar-refractivity contribution is 1.17. The first kappa shape index (κ1) is 11.1. The van der Waals surface area contributed by atoms with Crippen LogP contribution in [0.5, 0.6) is 0 Å². The van der Waals surface area contributed by atoms with E-state index in [0.717, 1.165) is 4.90 Å². The molecule has 1 heterocycles. The molecule has 2 aromatic carbocycles. The molecule has 0 aliphatic rings. The average molecular weight is 253 g/mol. The third kappa shape index (κ3) is 2.31. The standard InChI is InChI=1S/C15H11NOS/c17-15-8-7-14(10-16-15)18-13-6-5-11-3-1-2-4-12(11)9-13/h1-10H,(H,16,17). The van der Waals surface area contributed by atoms with E-state index in [9.17, 15) is 4.79 Å². The number of benzene rings is 2. The second-order valence-corrected chi connectivity index (χ2v) is 5.15. The molecule has 3 rings (SSSR count). The topological polar surface area (TPSA) is 32.9 Å². The molecule has 2 nitrogen and oxygen atoms in total. The van der Waals surface area contributed by atoms with E-state index in [1.54, 1.807) is 24.0 Å². The van der Waals surface area contributed by atoms with Crippen LogP contribution in [-0.4, -0.2) is 4.98 Å². The van der Waals surface area contributed by atoms with Crippen LogP contribution in [0, 0.1) is 0 Å². The molecule has 88 valence electrons. The predicted molar refractivity (Wildman–Crippen MR) is 75.1 cm³/mol. The molecule has 0 bridgehead atoms. The van der Waals surface area contributed by atoms with Gasteiger partial charge in [0.05, 0.1) is 0 Å². The summed E-state index contributed by atoms with van der Waals surface area (Å²) in [5.41, 5.74) is -0.0714. The Hall–Kier alpha value is -2.00. The number of aromatic nitrogens is 1. The first-order chi connectivity index (χ1) is 8.81. The largest absolute Gasteiger partial charge is 0.328 e. The summed E-state index contributed by atoms with van der Waals surface area (Å²) < 4.78 is 0. The van der Waals surface area contributed by atoms with Crippen LogP contribution in [0.2, 0.25) is 0 Å². The maximum atomic E-state index is 11.0. The molecule has 0 saturated carbocycles. The highest BCUT2D eigenvalue weighted by molar-refractivity contribution is 7.99. The minimum absolute atomic E-state index is 0.0714. The van der Waals surface area contributed by atoms with E-state index in [0.29, 0.717) is 0 Å². The van der Waals surface area contributed by atoms with Crippen molar-refractivity contribution in [1.29, 1.82) is 0 Å². The van der Waals surface area contributed by atoms with Crippen molar-refractivity contribution in [1.82, 2.24) is 4.98 Å². The number of rotatable bonds is 2. The maximum Gasteiger partial charge on any atom is 0.247 e. The smallest absolute Gasteiger partial charge is 0.247 e. The number of hydrogen-bond acceptors (Lipinski definition) is 2. The molecule has 1 N–H and O–H groups in total. The number of nitrogens with one attached hydrogen (secondary N) is 1. The summed E-state index contributed by atoms with van der Waals surface area (Å²) in [4.78, 5) is 15.9. The van der Waals surface area contributed by atoms with Crippen LogP contribution in [0.3, 0.4) is 0 Å². The Morgan fingerprint density at radius 3 is 2.39 bits per heavy atom. The van der Waals surface area contributed by atoms with Crippen molar-refractivity contribution in [2.24, 2.45) is 0 Å². The number of hydrogen-bond donors (Lipinski definition) is 1. The first-order valence-corrected chi connectivity index (χ1v) is 6.48. The van der Waals surface area contributed by atoms with Gasteiger partial charge in [-0.15, -0.1) is 0 Å². The number of pyridine rings is 1. The van der Waals surface area contributed by atoms with Gasteiger partial charge in [-0.2, -0.15) is 0 Å². The van der Waals surface area contributed by atoms with Crippen molar-refractivity contribution in [3.63, 3.8) is 0 Å². The second-order valence-electron chi connectivity index (χ2n) is 4.00. The van der Waals surface area contributed by atoms with Gasteiger partial charge in [0.2, 0.25) is 5.56 Å². The van der Waals surface area contributed by atoms with Crippen molar-refractivity contribution in [2.75, 3.05) is 0 Å². The zero-order valence-corrected chi connectivity index (χ0v) is 10.4. The number of fused-ring (bicyclic) bond motifs is 1. The molecule has 3 heteroatoms. The lowest BCUT2D eigenvalue weighted by Gasteiger charge is -2.03. The summed E-state index contributed by atoms with van der Waals surface area (Å²) in [7, 11) is 0. The molecular weight excluding hydrogens is 242 g/mol. The first-order valence-electron chi connectivity index (χ1n) is 5.67. The highest BCUT2D eigenvalue weighted by Gasteiger charge is 1.99. The summed E-state index contributed by atoms with van der Waals surface area (Å²) in [5.74, 6) is 0. The molecule has 0 fully saturated rings. The van der Waals surface area contributed by atoms with E-state index >= 15 is 0 Å². The summed E-state index contributed by atoms with van der Waals surface area (Å²) in [6, 6.07) is 18.0. The van der Waals surface area contributed by atoms with E-state index in [4.69, 9.17) is 0 Å². The van der Waals surface area contributed by atoms with Gasteiger partial charge in [-0.3, -0.25) is 4.79 Å². The molecule has 0 spiro atoms. The SMILES string of the molecule is O=c1ccc(Sc2ccc3ccccc3c2)c[nH]1. The minimum Gasteiger partial charge on any atom is -0.328 e. The third-order valence-electron chi connectivity index (χ3n) is 2.71. The third-order valence-corrected chi connectivity index (χ3v) is 3.69. The van der Waals surface area contributed by atoms with Crippen molar-refractivity contribution in [3.05, 3.63) is 71.1 Å². The fourth-order valence-corrected chi connectivity index (χ4v) is 2.67. The van der Waals surface area contributed by atoms with E-state index in [2.05, 4.69) is 35.3 Å². The second kappa shape index (κ2) is 4.70. The Balaban J connectivity index is 1.95. The van der Waals surface area contributed by atoms with E-state index < -0.39 is 0 Å². The van der Waals surface area contributed by atoms with E-state index in [-0.39, 0.29) is 5.56 Å². The summed E-state index contributed by atoms with van der Waals surface area (Å²) in [6.07, 6.45) is 1.74. The van der Waals surface area contributed by atoms with Crippen molar-refractivity contribution in [2.45, 2.75) is 9.79 Å². The molecule has 3 aromatic rings. The fourth-order valence-electron chi connectivity index (χ4n) is 1.83. The zero-order valence-electron chi connectivity index (χ0n) is 9.59. The number of aromatic amines is 1. The Labute approximate surface area is 109 Å². The molecule has 0 atom stereocenters. The molecule has 0 aliphatic carbocycles. The van der Waals surface area contributed by atoms with Crippen LogP contribution in [0.15, 0.2) is 75.4 Å². The van der Waals surface area contributed by atoms with E-state index in [1.807, 2.05) is 18.2 Å². The maximum absolute atomic E-state index is 11.0. The lowest BCUT2D eigenvalue weighted by Crippen LogP contribution is -2.00. The summed E-state index contributed by atoms with van der Waals surface area (Å²) in [6.45, 7) is 0. The quantitative estimate of drug-likeness (QED) is 0.755. The van der Waals surface area contributed by atoms with Gasteiger partial charge in [-0.25, -0.2) is 0 Å². The Morgan fingerprint density at radius 1 is 0.833 bits per heavy atom. The normalized spacial score (nSPS) is 10.7. The molecule has 0 radical (unpaired) electrons. The van der Waals surface area contributed by atoms with Crippen LogP contribution in [0.1, 0.15) is 0 Å². The molecular formula is C15H11NOS. The van der Waals surface area contributed by atoms with Gasteiger partial charge in [-0.1, -0.05) is 42.1 Å². The molecule has 0 aliphatic heterocycles. The van der Waals surface area contributed by atoms with Crippen LogP contribution in [-0.2, 0) is 0 Å². The lowest BCUT2D eigenvalue weighted by atomic mass is 10.1.